The molecule has 2 aliphatic carbocycles. The SMILES string of the molecule is CC(=O)OC1=CC[C@@H](N=[N+]=[N-])C=C1.CC(=O)OC1CCCCC1.CC=O.[C-]#[O+].[C-]#[O+].[C-]#[O+].[C-]#[O+].[CH2+]C=O.[Fe].[Fe]. The van der Waals surface area contributed by atoms with Crippen molar-refractivity contribution in [2.75, 3.05) is 0 Å². The molecular formula is C24H30Fe2N3O10+. The van der Waals surface area contributed by atoms with E-state index in [2.05, 4.69) is 43.6 Å². The summed E-state index contributed by atoms with van der Waals surface area (Å²) in [5, 5.41) is 3.51. The summed E-state index contributed by atoms with van der Waals surface area (Å²) >= 11 is 0. The summed E-state index contributed by atoms with van der Waals surface area (Å²) in [5.41, 5.74) is 8.15. The van der Waals surface area contributed by atoms with Crippen molar-refractivity contribution in [3.8, 4) is 0 Å². The van der Waals surface area contributed by atoms with Crippen molar-refractivity contribution in [3.05, 3.63) is 68.0 Å². The monoisotopic (exact) mass is 632 g/mol. The van der Waals surface area contributed by atoms with Gasteiger partial charge >= 0.3 is 57.1 Å². The van der Waals surface area contributed by atoms with E-state index in [-0.39, 0.29) is 58.2 Å². The van der Waals surface area contributed by atoms with E-state index >= 15 is 0 Å². The number of azide groups is 1. The van der Waals surface area contributed by atoms with E-state index < -0.39 is 0 Å². The Balaban J connectivity index is -0.0000000550. The molecule has 0 bridgehead atoms. The fraction of sp³-hybridized carbons (Fsp3) is 0.458. The van der Waals surface area contributed by atoms with Gasteiger partial charge in [-0.2, -0.15) is 0 Å². The zero-order chi connectivity index (χ0) is 30.5. The average Bonchev–Trinajstić information content (AvgIpc) is 2.91. The smallest absolute Gasteiger partial charge is 0.248 e. The van der Waals surface area contributed by atoms with Crippen LogP contribution in [-0.2, 0) is 81.4 Å². The summed E-state index contributed by atoms with van der Waals surface area (Å²) in [6, 6.07) is -0.163. The quantitative estimate of drug-likeness (QED) is 0.0654. The Bertz CT molecular complexity index is 752. The Labute approximate surface area is 250 Å². The Kier molecular flexibility index (Phi) is 79.9. The van der Waals surface area contributed by atoms with Crippen molar-refractivity contribution >= 4 is 24.5 Å². The van der Waals surface area contributed by atoms with Crippen LogP contribution in [0.3, 0.4) is 0 Å². The maximum absolute atomic E-state index is 10.5. The molecule has 1 atom stereocenters. The molecular weight excluding hydrogens is 602 g/mol. The van der Waals surface area contributed by atoms with Gasteiger partial charge in [-0.25, -0.2) is 4.79 Å². The molecule has 0 radical (unpaired) electrons. The Hall–Kier alpha value is -3.06. The van der Waals surface area contributed by atoms with Gasteiger partial charge in [0.05, 0.1) is 6.04 Å². The van der Waals surface area contributed by atoms with Crippen LogP contribution >= 0.6 is 0 Å². The maximum Gasteiger partial charge on any atom is 0.292 e. The van der Waals surface area contributed by atoms with Crippen LogP contribution in [0.4, 0.5) is 0 Å². The normalized spacial score (nSPS) is 12.8. The van der Waals surface area contributed by atoms with Gasteiger partial charge in [-0.1, -0.05) is 17.6 Å². The molecule has 39 heavy (non-hydrogen) atoms. The van der Waals surface area contributed by atoms with Crippen LogP contribution in [0.15, 0.2) is 29.1 Å². The molecule has 216 valence electrons. The number of nitrogens with zero attached hydrogens (tertiary/aromatic N) is 3. The molecule has 2 aliphatic rings. The van der Waals surface area contributed by atoms with E-state index in [0.717, 1.165) is 19.1 Å². The minimum Gasteiger partial charge on any atom is -0.248 e. The molecule has 0 unspecified atom stereocenters. The van der Waals surface area contributed by atoms with Gasteiger partial charge in [0.15, 0.2) is 0 Å². The van der Waals surface area contributed by atoms with Crippen LogP contribution in [0.25, 0.3) is 10.4 Å². The number of carbonyl (C=O) groups is 4. The van der Waals surface area contributed by atoms with Gasteiger partial charge < -0.3 is 14.3 Å². The van der Waals surface area contributed by atoms with Crippen molar-refractivity contribution in [2.24, 2.45) is 5.11 Å². The third-order valence-electron chi connectivity index (χ3n) is 3.39. The number of ether oxygens (including phenoxy) is 2. The molecule has 0 aromatic heterocycles. The van der Waals surface area contributed by atoms with Gasteiger partial charge in [-0.15, -0.1) is 0 Å². The second-order valence-corrected chi connectivity index (χ2v) is 5.84. The summed E-state index contributed by atoms with van der Waals surface area (Å²) in [4.78, 5) is 41.2. The summed E-state index contributed by atoms with van der Waals surface area (Å²) < 4.78 is 39.9. The predicted octanol–water partition coefficient (Wildman–Crippen LogP) is 4.02. The van der Waals surface area contributed by atoms with Crippen LogP contribution in [-0.4, -0.2) is 36.7 Å². The van der Waals surface area contributed by atoms with Crippen LogP contribution in [0.2, 0.25) is 0 Å². The molecule has 13 nitrogen and oxygen atoms in total. The first-order valence-corrected chi connectivity index (χ1v) is 10.1. The molecule has 0 aliphatic heterocycles. The zero-order valence-corrected chi connectivity index (χ0v) is 23.8. The van der Waals surface area contributed by atoms with Crippen LogP contribution in [0, 0.1) is 33.5 Å². The van der Waals surface area contributed by atoms with E-state index in [1.54, 1.807) is 18.2 Å². The number of esters is 2. The van der Waals surface area contributed by atoms with E-state index in [4.69, 9.17) is 43.2 Å². The molecule has 15 heteroatoms. The zero-order valence-electron chi connectivity index (χ0n) is 21.6. The fourth-order valence-corrected chi connectivity index (χ4v) is 2.40. The Morgan fingerprint density at radius 1 is 1.00 bits per heavy atom. The van der Waals surface area contributed by atoms with Crippen LogP contribution in [0.1, 0.15) is 59.3 Å². The second kappa shape index (κ2) is 55.5. The molecule has 0 amide bonds. The molecule has 0 aromatic rings. The van der Waals surface area contributed by atoms with Crippen molar-refractivity contribution in [1.29, 1.82) is 0 Å². The largest absolute Gasteiger partial charge is 0.292 e. The summed E-state index contributed by atoms with van der Waals surface area (Å²) in [6.07, 6.45) is 13.0. The number of hydrogen-bond donors (Lipinski definition) is 0. The number of hydrogen-bond acceptors (Lipinski definition) is 7. The van der Waals surface area contributed by atoms with Gasteiger partial charge in [0.1, 0.15) is 25.1 Å². The molecule has 0 heterocycles. The Morgan fingerprint density at radius 3 is 1.69 bits per heavy atom. The van der Waals surface area contributed by atoms with E-state index in [1.165, 1.54) is 40.0 Å². The number of aldehydes is 2. The standard InChI is InChI=1S/C8H9N3O2.C8H14O2.C2H4O.C2H3O.4CO.2Fe/c1-6(12)13-8-4-2-7(3-5-8)10-11-9;1-7(9)10-8-5-3-2-4-6-8;2*1-2-3;4*1-2;;/h2,4-5,7H,3H2,1H3;8H,2-6H2,1H3;2H,1H3;2H,1H2;;;;;;/q;;;+1;;;;;;/t7-;;;;;;;;;/m0........./s1. The van der Waals surface area contributed by atoms with Gasteiger partial charge in [0.25, 0.3) is 6.29 Å². The molecule has 0 saturated heterocycles. The Morgan fingerprint density at radius 2 is 1.41 bits per heavy atom. The molecule has 2 rings (SSSR count). The van der Waals surface area contributed by atoms with Crippen LogP contribution in [0.5, 0.6) is 0 Å². The fourth-order valence-electron chi connectivity index (χ4n) is 2.40. The number of rotatable bonds is 3. The van der Waals surface area contributed by atoms with Crippen molar-refractivity contribution in [3.63, 3.8) is 0 Å². The third-order valence-corrected chi connectivity index (χ3v) is 3.39. The van der Waals surface area contributed by atoms with Gasteiger partial charge in [-0.05, 0) is 56.7 Å². The van der Waals surface area contributed by atoms with Gasteiger partial charge in [0, 0.05) is 52.9 Å². The van der Waals surface area contributed by atoms with Crippen molar-refractivity contribution < 1.29 is 81.4 Å². The van der Waals surface area contributed by atoms with Crippen molar-refractivity contribution in [2.45, 2.75) is 71.4 Å². The minimum atomic E-state index is -0.349. The first kappa shape index (κ1) is 56.2. The molecule has 1 fully saturated rings. The maximum atomic E-state index is 10.5. The molecule has 0 aromatic carbocycles. The first-order valence-electron chi connectivity index (χ1n) is 10.1. The molecule has 0 spiro atoms. The summed E-state index contributed by atoms with van der Waals surface area (Å²) in [7, 11) is 0. The molecule has 0 N–H and O–H groups in total. The molecule has 1 saturated carbocycles. The topological polar surface area (TPSA) is 215 Å². The van der Waals surface area contributed by atoms with Crippen LogP contribution < -0.4 is 0 Å². The van der Waals surface area contributed by atoms with E-state index in [9.17, 15) is 9.59 Å². The van der Waals surface area contributed by atoms with E-state index in [0.29, 0.717) is 18.5 Å². The van der Waals surface area contributed by atoms with Gasteiger partial charge in [0.2, 0.25) is 0 Å². The number of allylic oxidation sites excluding steroid dienone is 1. The van der Waals surface area contributed by atoms with E-state index in [1.807, 2.05) is 0 Å². The second-order valence-electron chi connectivity index (χ2n) is 5.84. The predicted molar refractivity (Wildman–Crippen MR) is 124 cm³/mol. The summed E-state index contributed by atoms with van der Waals surface area (Å²) in [5.74, 6) is 0.0296. The van der Waals surface area contributed by atoms with Crippen molar-refractivity contribution in [1.82, 2.24) is 0 Å². The summed E-state index contributed by atoms with van der Waals surface area (Å²) in [6.45, 7) is 25.1. The van der Waals surface area contributed by atoms with Gasteiger partial charge in [-0.3, -0.25) is 9.59 Å². The first-order chi connectivity index (χ1) is 17.8. The minimum absolute atomic E-state index is 0. The number of carbonyl (C=O) groups excluding carboxylic acids is 4. The third kappa shape index (κ3) is 56.3. The average molecular weight is 632 g/mol.